The van der Waals surface area contributed by atoms with E-state index in [-0.39, 0.29) is 23.0 Å². The predicted octanol–water partition coefficient (Wildman–Crippen LogP) is 4.13. The Labute approximate surface area is 191 Å². The van der Waals surface area contributed by atoms with Crippen LogP contribution in [0, 0.1) is 0 Å². The molecule has 0 radical (unpaired) electrons. The molecular formula is C26H38N2O4. The molecule has 0 aliphatic heterocycles. The molecule has 0 amide bonds. The van der Waals surface area contributed by atoms with E-state index in [0.717, 1.165) is 62.0 Å². The fraction of sp³-hybridized carbons (Fsp3) is 0.538. The molecule has 6 N–H and O–H groups in total. The van der Waals surface area contributed by atoms with Gasteiger partial charge in [-0.15, -0.1) is 0 Å². The minimum absolute atomic E-state index is 0.0128. The van der Waals surface area contributed by atoms with Crippen LogP contribution in [-0.4, -0.2) is 46.1 Å². The first-order valence-electron chi connectivity index (χ1n) is 12.0. The van der Waals surface area contributed by atoms with Gasteiger partial charge in [-0.25, -0.2) is 0 Å². The lowest BCUT2D eigenvalue weighted by molar-refractivity contribution is 0.387. The minimum atomic E-state index is -0.0692. The molecule has 6 heteroatoms. The van der Waals surface area contributed by atoms with E-state index in [4.69, 9.17) is 0 Å². The zero-order chi connectivity index (χ0) is 22.8. The van der Waals surface area contributed by atoms with Gasteiger partial charge >= 0.3 is 0 Å². The van der Waals surface area contributed by atoms with Crippen LogP contribution in [0.15, 0.2) is 30.3 Å². The summed E-state index contributed by atoms with van der Waals surface area (Å²) >= 11 is 0. The van der Waals surface area contributed by atoms with Crippen molar-refractivity contribution in [3.8, 4) is 23.0 Å². The van der Waals surface area contributed by atoms with Gasteiger partial charge in [0.15, 0.2) is 23.0 Å². The Balaban J connectivity index is 1.14. The summed E-state index contributed by atoms with van der Waals surface area (Å²) in [4.78, 5) is 0. The Hall–Kier alpha value is -2.44. The molecule has 0 spiro atoms. The van der Waals surface area contributed by atoms with Crippen LogP contribution in [0.5, 0.6) is 23.0 Å². The zero-order valence-corrected chi connectivity index (χ0v) is 18.9. The molecule has 6 nitrogen and oxygen atoms in total. The Bertz CT molecular complexity index is 856. The van der Waals surface area contributed by atoms with Crippen molar-refractivity contribution in [1.82, 2.24) is 10.6 Å². The standard InChI is InChI=1S/C26H38N2O4/c29-23-11-7-19(17-25(23)31)13-16-27-14-5-3-1-2-4-6-15-28-21-9-10-22-20(18-21)8-12-24(30)26(22)32/h7-8,11-12,17,21,27-32H,1-6,9-10,13-16,18H2. The molecule has 2 aromatic rings. The average molecular weight is 443 g/mol. The summed E-state index contributed by atoms with van der Waals surface area (Å²) in [6.45, 7) is 2.93. The smallest absolute Gasteiger partial charge is 0.160 e. The molecule has 2 aromatic carbocycles. The highest BCUT2D eigenvalue weighted by molar-refractivity contribution is 5.50. The monoisotopic (exact) mass is 442 g/mol. The summed E-state index contributed by atoms with van der Waals surface area (Å²) in [5, 5.41) is 45.6. The maximum Gasteiger partial charge on any atom is 0.160 e. The van der Waals surface area contributed by atoms with Gasteiger partial charge in [-0.1, -0.05) is 37.8 Å². The van der Waals surface area contributed by atoms with Crippen molar-refractivity contribution in [1.29, 1.82) is 0 Å². The zero-order valence-electron chi connectivity index (χ0n) is 18.9. The third-order valence-electron chi connectivity index (χ3n) is 6.41. The number of aromatic hydroxyl groups is 4. The normalized spacial score (nSPS) is 15.6. The van der Waals surface area contributed by atoms with Gasteiger partial charge < -0.3 is 31.1 Å². The van der Waals surface area contributed by atoms with Gasteiger partial charge in [0, 0.05) is 11.6 Å². The highest BCUT2D eigenvalue weighted by atomic mass is 16.3. The number of hydrogen-bond donors (Lipinski definition) is 6. The summed E-state index contributed by atoms with van der Waals surface area (Å²) < 4.78 is 0. The predicted molar refractivity (Wildman–Crippen MR) is 128 cm³/mol. The molecule has 1 aliphatic rings. The van der Waals surface area contributed by atoms with Crippen molar-refractivity contribution in [3.63, 3.8) is 0 Å². The highest BCUT2D eigenvalue weighted by Gasteiger charge is 2.21. The van der Waals surface area contributed by atoms with Crippen LogP contribution in [0.1, 0.15) is 61.6 Å². The second kappa shape index (κ2) is 12.6. The summed E-state index contributed by atoms with van der Waals surface area (Å²) in [6.07, 6.45) is 11.0. The van der Waals surface area contributed by atoms with Gasteiger partial charge in [0.2, 0.25) is 0 Å². The van der Waals surface area contributed by atoms with Crippen LogP contribution in [0.4, 0.5) is 0 Å². The molecule has 0 heterocycles. The van der Waals surface area contributed by atoms with E-state index >= 15 is 0 Å². The Morgan fingerprint density at radius 2 is 1.47 bits per heavy atom. The van der Waals surface area contributed by atoms with E-state index in [1.54, 1.807) is 12.1 Å². The number of rotatable bonds is 13. The van der Waals surface area contributed by atoms with Crippen molar-refractivity contribution in [2.24, 2.45) is 0 Å². The number of fused-ring (bicyclic) bond motifs is 1. The van der Waals surface area contributed by atoms with E-state index in [9.17, 15) is 20.4 Å². The van der Waals surface area contributed by atoms with E-state index in [2.05, 4.69) is 10.6 Å². The van der Waals surface area contributed by atoms with E-state index in [0.29, 0.717) is 6.04 Å². The number of phenolic OH excluding ortho intramolecular Hbond substituents is 4. The molecule has 1 atom stereocenters. The number of unbranched alkanes of at least 4 members (excludes halogenated alkanes) is 5. The summed E-state index contributed by atoms with van der Waals surface area (Å²) in [5.41, 5.74) is 3.09. The second-order valence-electron chi connectivity index (χ2n) is 8.91. The minimum Gasteiger partial charge on any atom is -0.504 e. The molecule has 176 valence electrons. The first-order valence-corrected chi connectivity index (χ1v) is 12.0. The quantitative estimate of drug-likeness (QED) is 0.206. The molecule has 32 heavy (non-hydrogen) atoms. The Morgan fingerprint density at radius 3 is 2.25 bits per heavy atom. The van der Waals surface area contributed by atoms with Crippen LogP contribution in [-0.2, 0) is 19.3 Å². The second-order valence-corrected chi connectivity index (χ2v) is 8.91. The van der Waals surface area contributed by atoms with Crippen LogP contribution in [0.2, 0.25) is 0 Å². The number of hydrogen-bond acceptors (Lipinski definition) is 6. The SMILES string of the molecule is Oc1ccc(CCNCCCCCCCCNC2CCc3c(ccc(O)c3O)C2)cc1O. The van der Waals surface area contributed by atoms with Crippen LogP contribution in [0.3, 0.4) is 0 Å². The van der Waals surface area contributed by atoms with Crippen molar-refractivity contribution in [3.05, 3.63) is 47.0 Å². The van der Waals surface area contributed by atoms with E-state index in [1.807, 2.05) is 12.1 Å². The third-order valence-corrected chi connectivity index (χ3v) is 6.41. The lowest BCUT2D eigenvalue weighted by Gasteiger charge is -2.26. The maximum atomic E-state index is 9.98. The van der Waals surface area contributed by atoms with Crippen LogP contribution in [0.25, 0.3) is 0 Å². The summed E-state index contributed by atoms with van der Waals surface area (Å²) in [6, 6.07) is 8.99. The highest BCUT2D eigenvalue weighted by Crippen LogP contribution is 2.35. The molecule has 1 aliphatic carbocycles. The van der Waals surface area contributed by atoms with Crippen molar-refractivity contribution >= 4 is 0 Å². The first kappa shape index (κ1) is 24.2. The molecule has 0 fully saturated rings. The first-order chi connectivity index (χ1) is 15.5. The molecule has 1 unspecified atom stereocenters. The Kier molecular flexibility index (Phi) is 9.50. The van der Waals surface area contributed by atoms with Gasteiger partial charge in [0.1, 0.15) is 0 Å². The summed E-state index contributed by atoms with van der Waals surface area (Å²) in [7, 11) is 0. The average Bonchev–Trinajstić information content (AvgIpc) is 2.79. The van der Waals surface area contributed by atoms with Crippen LogP contribution < -0.4 is 10.6 Å². The fourth-order valence-corrected chi connectivity index (χ4v) is 4.47. The fourth-order valence-electron chi connectivity index (χ4n) is 4.47. The van der Waals surface area contributed by atoms with Crippen LogP contribution >= 0.6 is 0 Å². The Morgan fingerprint density at radius 1 is 0.750 bits per heavy atom. The van der Waals surface area contributed by atoms with Gasteiger partial charge in [-0.3, -0.25) is 0 Å². The molecule has 0 bridgehead atoms. The van der Waals surface area contributed by atoms with Gasteiger partial charge in [-0.2, -0.15) is 0 Å². The van der Waals surface area contributed by atoms with Crippen molar-refractivity contribution in [2.75, 3.05) is 19.6 Å². The summed E-state index contributed by atoms with van der Waals surface area (Å²) in [5.74, 6) is -0.0709. The number of phenols is 4. The van der Waals surface area contributed by atoms with Gasteiger partial charge in [0.05, 0.1) is 0 Å². The lowest BCUT2D eigenvalue weighted by Crippen LogP contribution is -2.35. The number of benzene rings is 2. The van der Waals surface area contributed by atoms with Gasteiger partial charge in [-0.05, 0) is 87.5 Å². The molecule has 0 aromatic heterocycles. The van der Waals surface area contributed by atoms with E-state index in [1.165, 1.54) is 44.6 Å². The van der Waals surface area contributed by atoms with Crippen molar-refractivity contribution in [2.45, 2.75) is 70.3 Å². The van der Waals surface area contributed by atoms with E-state index < -0.39 is 0 Å². The third kappa shape index (κ3) is 7.31. The maximum absolute atomic E-state index is 9.98. The topological polar surface area (TPSA) is 105 Å². The molecule has 3 rings (SSSR count). The molecule has 0 saturated heterocycles. The lowest BCUT2D eigenvalue weighted by atomic mass is 9.87. The molecular weight excluding hydrogens is 404 g/mol. The van der Waals surface area contributed by atoms with Gasteiger partial charge in [0.25, 0.3) is 0 Å². The number of nitrogens with one attached hydrogen (secondary N) is 2. The largest absolute Gasteiger partial charge is 0.504 e. The van der Waals surface area contributed by atoms with Crippen molar-refractivity contribution < 1.29 is 20.4 Å². The molecule has 0 saturated carbocycles.